The normalized spacial score (nSPS) is 10.9. The van der Waals surface area contributed by atoms with Crippen molar-refractivity contribution in [3.05, 3.63) is 82.3 Å². The van der Waals surface area contributed by atoms with Gasteiger partial charge in [0.1, 0.15) is 11.6 Å². The fourth-order valence-electron chi connectivity index (χ4n) is 2.63. The van der Waals surface area contributed by atoms with Crippen LogP contribution in [0.25, 0.3) is 21.7 Å². The Labute approximate surface area is 181 Å². The first-order chi connectivity index (χ1) is 14.0. The molecule has 9 heteroatoms. The molecule has 29 heavy (non-hydrogen) atoms. The molecule has 4 rings (SSSR count). The molecule has 0 aliphatic rings. The number of nitrogens with one attached hydrogen (secondary N) is 1. The SMILES string of the molecule is Fc1ccc(F)c(SNc2cccc(-c3nc(Br)sc3-c3ccncc3)c2F)c1. The van der Waals surface area contributed by atoms with E-state index in [-0.39, 0.29) is 10.6 Å². The number of halogens is 4. The average Bonchev–Trinajstić information content (AvgIpc) is 3.11. The maximum absolute atomic E-state index is 15.2. The lowest BCUT2D eigenvalue weighted by Crippen LogP contribution is -1.96. The summed E-state index contributed by atoms with van der Waals surface area (Å²) in [5.41, 5.74) is 1.79. The van der Waals surface area contributed by atoms with E-state index in [2.05, 4.69) is 30.6 Å². The van der Waals surface area contributed by atoms with Gasteiger partial charge in [0.25, 0.3) is 0 Å². The molecule has 0 atom stereocenters. The first kappa shape index (κ1) is 19.9. The first-order valence-corrected chi connectivity index (χ1v) is 10.7. The molecule has 0 amide bonds. The molecule has 2 heterocycles. The summed E-state index contributed by atoms with van der Waals surface area (Å²) in [4.78, 5) is 9.26. The second kappa shape index (κ2) is 8.56. The lowest BCUT2D eigenvalue weighted by Gasteiger charge is -2.11. The number of benzene rings is 2. The second-order valence-corrected chi connectivity index (χ2v) is 8.95. The van der Waals surface area contributed by atoms with Crippen LogP contribution in [0.3, 0.4) is 0 Å². The van der Waals surface area contributed by atoms with Gasteiger partial charge in [0.05, 0.1) is 21.2 Å². The van der Waals surface area contributed by atoms with E-state index in [1.165, 1.54) is 17.4 Å². The summed E-state index contributed by atoms with van der Waals surface area (Å²) in [5, 5.41) is 0. The molecular weight excluding hydrogens is 483 g/mol. The van der Waals surface area contributed by atoms with E-state index in [1.54, 1.807) is 24.5 Å². The minimum atomic E-state index is -0.594. The Balaban J connectivity index is 1.68. The smallest absolute Gasteiger partial charge is 0.160 e. The Morgan fingerprint density at radius 3 is 2.59 bits per heavy atom. The van der Waals surface area contributed by atoms with Crippen LogP contribution in [0.2, 0.25) is 0 Å². The summed E-state index contributed by atoms with van der Waals surface area (Å²) in [7, 11) is 0. The summed E-state index contributed by atoms with van der Waals surface area (Å²) in [6.07, 6.45) is 3.32. The van der Waals surface area contributed by atoms with E-state index < -0.39 is 17.5 Å². The molecule has 146 valence electrons. The van der Waals surface area contributed by atoms with Gasteiger partial charge in [-0.2, -0.15) is 0 Å². The molecule has 0 unspecified atom stereocenters. The van der Waals surface area contributed by atoms with Crippen molar-refractivity contribution in [2.45, 2.75) is 4.90 Å². The predicted molar refractivity (Wildman–Crippen MR) is 114 cm³/mol. The zero-order valence-corrected chi connectivity index (χ0v) is 17.7. The maximum atomic E-state index is 15.2. The molecule has 0 fully saturated rings. The number of hydrogen-bond acceptors (Lipinski definition) is 5. The van der Waals surface area contributed by atoms with Crippen molar-refractivity contribution in [2.24, 2.45) is 0 Å². The molecule has 2 aromatic heterocycles. The van der Waals surface area contributed by atoms with Gasteiger partial charge in [0, 0.05) is 18.0 Å². The van der Waals surface area contributed by atoms with Gasteiger partial charge in [0.15, 0.2) is 9.73 Å². The molecule has 0 saturated heterocycles. The molecule has 0 spiro atoms. The summed E-state index contributed by atoms with van der Waals surface area (Å²) in [6, 6.07) is 11.6. The lowest BCUT2D eigenvalue weighted by atomic mass is 10.1. The van der Waals surface area contributed by atoms with Crippen molar-refractivity contribution in [1.82, 2.24) is 9.97 Å². The van der Waals surface area contributed by atoms with Crippen molar-refractivity contribution in [3.8, 4) is 21.7 Å². The Hall–Kier alpha value is -2.36. The minimum absolute atomic E-state index is 0.0312. The average molecular weight is 494 g/mol. The van der Waals surface area contributed by atoms with Crippen molar-refractivity contribution in [1.29, 1.82) is 0 Å². The Bertz CT molecular complexity index is 1170. The molecule has 4 aromatic rings. The molecule has 0 saturated carbocycles. The van der Waals surface area contributed by atoms with Gasteiger partial charge in [-0.25, -0.2) is 18.2 Å². The fraction of sp³-hybridized carbons (Fsp3) is 0. The van der Waals surface area contributed by atoms with Crippen LogP contribution in [-0.2, 0) is 0 Å². The molecule has 0 radical (unpaired) electrons. The van der Waals surface area contributed by atoms with E-state index >= 15 is 4.39 Å². The van der Waals surface area contributed by atoms with E-state index in [1.807, 2.05) is 12.1 Å². The molecule has 0 bridgehead atoms. The number of rotatable bonds is 5. The van der Waals surface area contributed by atoms with Gasteiger partial charge in [-0.1, -0.05) is 6.07 Å². The highest BCUT2D eigenvalue weighted by Crippen LogP contribution is 2.41. The van der Waals surface area contributed by atoms with Gasteiger partial charge in [-0.15, -0.1) is 11.3 Å². The zero-order chi connectivity index (χ0) is 20.4. The number of hydrogen-bond donors (Lipinski definition) is 1. The van der Waals surface area contributed by atoms with Crippen LogP contribution in [0.15, 0.2) is 69.7 Å². The number of anilines is 1. The van der Waals surface area contributed by atoms with Crippen LogP contribution in [0.4, 0.5) is 18.9 Å². The standard InChI is InChI=1S/C20H11BrF3N3S2/c21-20-26-18(19(28-20)11-6-8-25-9-7-11)13-2-1-3-15(17(13)24)27-29-16-10-12(22)4-5-14(16)23/h1-10,27H. The lowest BCUT2D eigenvalue weighted by molar-refractivity contribution is 0.577. The quantitative estimate of drug-likeness (QED) is 0.299. The van der Waals surface area contributed by atoms with Crippen LogP contribution in [0.1, 0.15) is 0 Å². The van der Waals surface area contributed by atoms with E-state index in [9.17, 15) is 8.78 Å². The summed E-state index contributed by atoms with van der Waals surface area (Å²) in [6.45, 7) is 0. The summed E-state index contributed by atoms with van der Waals surface area (Å²) < 4.78 is 45.8. The van der Waals surface area contributed by atoms with Crippen molar-refractivity contribution in [3.63, 3.8) is 0 Å². The van der Waals surface area contributed by atoms with Crippen molar-refractivity contribution < 1.29 is 13.2 Å². The number of nitrogens with zero attached hydrogens (tertiary/aromatic N) is 2. The molecule has 0 aliphatic heterocycles. The van der Waals surface area contributed by atoms with Gasteiger partial charge >= 0.3 is 0 Å². The minimum Gasteiger partial charge on any atom is -0.323 e. The van der Waals surface area contributed by atoms with Gasteiger partial charge in [0.2, 0.25) is 0 Å². The third-order valence-corrected chi connectivity index (χ3v) is 6.37. The Morgan fingerprint density at radius 2 is 1.79 bits per heavy atom. The van der Waals surface area contributed by atoms with E-state index in [4.69, 9.17) is 0 Å². The number of thiazole rings is 1. The molecule has 1 N–H and O–H groups in total. The monoisotopic (exact) mass is 493 g/mol. The molecule has 3 nitrogen and oxygen atoms in total. The van der Waals surface area contributed by atoms with Crippen LogP contribution in [-0.4, -0.2) is 9.97 Å². The third kappa shape index (κ3) is 4.31. The molecule has 0 aliphatic carbocycles. The maximum Gasteiger partial charge on any atom is 0.160 e. The number of pyridine rings is 1. The van der Waals surface area contributed by atoms with Gasteiger partial charge < -0.3 is 4.72 Å². The second-order valence-electron chi connectivity index (χ2n) is 5.83. The molecule has 2 aromatic carbocycles. The highest BCUT2D eigenvalue weighted by Gasteiger charge is 2.19. The topological polar surface area (TPSA) is 37.8 Å². The van der Waals surface area contributed by atoms with Crippen LogP contribution < -0.4 is 4.72 Å². The summed E-state index contributed by atoms with van der Waals surface area (Å²) in [5.74, 6) is -1.70. The van der Waals surface area contributed by atoms with E-state index in [0.717, 1.165) is 40.6 Å². The van der Waals surface area contributed by atoms with Crippen LogP contribution in [0.5, 0.6) is 0 Å². The van der Waals surface area contributed by atoms with Crippen LogP contribution >= 0.6 is 39.2 Å². The number of aromatic nitrogens is 2. The van der Waals surface area contributed by atoms with Crippen LogP contribution in [0, 0.1) is 17.5 Å². The highest BCUT2D eigenvalue weighted by atomic mass is 79.9. The first-order valence-electron chi connectivity index (χ1n) is 8.26. The predicted octanol–water partition coefficient (Wildman–Crippen LogP) is 7.17. The Morgan fingerprint density at radius 1 is 1.00 bits per heavy atom. The zero-order valence-electron chi connectivity index (χ0n) is 14.5. The van der Waals surface area contributed by atoms with Gasteiger partial charge in [-0.3, -0.25) is 4.98 Å². The third-order valence-electron chi connectivity index (χ3n) is 3.96. The molecular formula is C20H11BrF3N3S2. The fourth-order valence-corrected chi connectivity index (χ4v) is 4.82. The highest BCUT2D eigenvalue weighted by molar-refractivity contribution is 9.11. The Kier molecular flexibility index (Phi) is 5.89. The largest absolute Gasteiger partial charge is 0.323 e. The van der Waals surface area contributed by atoms with E-state index in [0.29, 0.717) is 15.2 Å². The van der Waals surface area contributed by atoms with Crippen molar-refractivity contribution >= 4 is 44.9 Å². The van der Waals surface area contributed by atoms with Gasteiger partial charge in [-0.05, 0) is 75.9 Å². The summed E-state index contributed by atoms with van der Waals surface area (Å²) >= 11 is 5.55. The van der Waals surface area contributed by atoms with Crippen molar-refractivity contribution in [2.75, 3.05) is 4.72 Å².